The lowest BCUT2D eigenvalue weighted by Crippen LogP contribution is -2.41. The van der Waals surface area contributed by atoms with Crippen molar-refractivity contribution < 1.29 is 0 Å². The average molecular weight is 235 g/mol. The summed E-state index contributed by atoms with van der Waals surface area (Å²) in [5, 5.41) is 12.3. The number of nitrogens with one attached hydrogen (secondary N) is 1. The Morgan fingerprint density at radius 2 is 2.29 bits per heavy atom. The van der Waals surface area contributed by atoms with E-state index in [2.05, 4.69) is 21.3 Å². The summed E-state index contributed by atoms with van der Waals surface area (Å²) in [4.78, 5) is 6.37. The predicted octanol–water partition coefficient (Wildman–Crippen LogP) is 0.742. The molecule has 1 aromatic rings. The molecule has 0 aliphatic rings. The van der Waals surface area contributed by atoms with Crippen LogP contribution in [-0.2, 0) is 13.6 Å². The molecule has 0 aliphatic heterocycles. The zero-order valence-electron chi connectivity index (χ0n) is 11.0. The Hall–Kier alpha value is -1.38. The molecule has 5 heteroatoms. The number of hydrogen-bond acceptors (Lipinski definition) is 4. The van der Waals surface area contributed by atoms with E-state index in [4.69, 9.17) is 5.26 Å². The number of nitriles is 1. The van der Waals surface area contributed by atoms with Crippen molar-refractivity contribution in [2.75, 3.05) is 13.6 Å². The molecule has 1 N–H and O–H groups in total. The molecule has 0 amide bonds. The van der Waals surface area contributed by atoms with Crippen molar-refractivity contribution in [2.45, 2.75) is 32.5 Å². The second-order valence-electron chi connectivity index (χ2n) is 4.65. The molecule has 0 aromatic carbocycles. The van der Waals surface area contributed by atoms with Crippen molar-refractivity contribution in [1.29, 1.82) is 5.26 Å². The highest BCUT2D eigenvalue weighted by atomic mass is 15.2. The van der Waals surface area contributed by atoms with E-state index >= 15 is 0 Å². The number of rotatable bonds is 6. The minimum Gasteiger partial charge on any atom is -0.337 e. The van der Waals surface area contributed by atoms with Gasteiger partial charge in [0.1, 0.15) is 11.9 Å². The van der Waals surface area contributed by atoms with E-state index in [-0.39, 0.29) is 6.04 Å². The standard InChI is InChI=1S/C12H21N5/c1-10(2)15-11(7-13)8-16(3)9-12-14-5-6-17(12)4/h5-6,10-11,15H,8-9H2,1-4H3. The Balaban J connectivity index is 2.46. The second-order valence-corrected chi connectivity index (χ2v) is 4.65. The van der Waals surface area contributed by atoms with E-state index in [0.717, 1.165) is 12.4 Å². The van der Waals surface area contributed by atoms with Crippen molar-refractivity contribution >= 4 is 0 Å². The first-order valence-electron chi connectivity index (χ1n) is 5.83. The maximum Gasteiger partial charge on any atom is 0.122 e. The molecule has 0 bridgehead atoms. The molecule has 5 nitrogen and oxygen atoms in total. The SMILES string of the molecule is CC(C)NC(C#N)CN(C)Cc1nccn1C. The van der Waals surface area contributed by atoms with Gasteiger partial charge in [0.05, 0.1) is 12.6 Å². The van der Waals surface area contributed by atoms with Gasteiger partial charge in [0.25, 0.3) is 0 Å². The summed E-state index contributed by atoms with van der Waals surface area (Å²) in [6, 6.07) is 2.46. The number of hydrogen-bond donors (Lipinski definition) is 1. The van der Waals surface area contributed by atoms with Gasteiger partial charge in [-0.25, -0.2) is 4.98 Å². The van der Waals surface area contributed by atoms with Gasteiger partial charge in [0, 0.05) is 32.0 Å². The molecule has 0 saturated heterocycles. The van der Waals surface area contributed by atoms with Crippen molar-refractivity contribution in [3.05, 3.63) is 18.2 Å². The largest absolute Gasteiger partial charge is 0.337 e. The Morgan fingerprint density at radius 1 is 1.59 bits per heavy atom. The third-order valence-electron chi connectivity index (χ3n) is 2.52. The Morgan fingerprint density at radius 3 is 2.76 bits per heavy atom. The molecule has 0 radical (unpaired) electrons. The molecular formula is C12H21N5. The zero-order chi connectivity index (χ0) is 12.8. The van der Waals surface area contributed by atoms with Crippen molar-refractivity contribution in [1.82, 2.24) is 19.8 Å². The van der Waals surface area contributed by atoms with Gasteiger partial charge in [-0.1, -0.05) is 0 Å². The van der Waals surface area contributed by atoms with Gasteiger partial charge >= 0.3 is 0 Å². The zero-order valence-corrected chi connectivity index (χ0v) is 11.0. The summed E-state index contributed by atoms with van der Waals surface area (Å²) in [6.07, 6.45) is 3.72. The quantitative estimate of drug-likeness (QED) is 0.790. The van der Waals surface area contributed by atoms with Crippen LogP contribution < -0.4 is 5.32 Å². The number of likely N-dealkylation sites (N-methyl/N-ethyl adjacent to an activating group) is 1. The first kappa shape index (κ1) is 13.7. The van der Waals surface area contributed by atoms with Crippen LogP contribution in [0.3, 0.4) is 0 Å². The summed E-state index contributed by atoms with van der Waals surface area (Å²) >= 11 is 0. The van der Waals surface area contributed by atoms with Crippen molar-refractivity contribution in [3.8, 4) is 6.07 Å². The Bertz CT molecular complexity index is 376. The lowest BCUT2D eigenvalue weighted by Gasteiger charge is -2.21. The highest BCUT2D eigenvalue weighted by molar-refractivity contribution is 4.95. The molecule has 1 aromatic heterocycles. The van der Waals surface area contributed by atoms with Crippen molar-refractivity contribution in [2.24, 2.45) is 7.05 Å². The third kappa shape index (κ3) is 4.55. The molecule has 1 rings (SSSR count). The van der Waals surface area contributed by atoms with E-state index in [1.165, 1.54) is 0 Å². The molecule has 17 heavy (non-hydrogen) atoms. The summed E-state index contributed by atoms with van der Waals surface area (Å²) in [5.74, 6) is 1.01. The third-order valence-corrected chi connectivity index (χ3v) is 2.52. The second kappa shape index (κ2) is 6.38. The van der Waals surface area contributed by atoms with Gasteiger partial charge in [-0.05, 0) is 20.9 Å². The smallest absolute Gasteiger partial charge is 0.122 e. The fourth-order valence-corrected chi connectivity index (χ4v) is 1.70. The molecule has 94 valence electrons. The monoisotopic (exact) mass is 235 g/mol. The average Bonchev–Trinajstić information content (AvgIpc) is 2.62. The van der Waals surface area contributed by atoms with Crippen LogP contribution in [0.2, 0.25) is 0 Å². The Kier molecular flexibility index (Phi) is 5.13. The molecule has 0 aliphatic carbocycles. The van der Waals surface area contributed by atoms with Gasteiger partial charge in [0.15, 0.2) is 0 Å². The maximum absolute atomic E-state index is 9.04. The number of aryl methyl sites for hydroxylation is 1. The highest BCUT2D eigenvalue weighted by Crippen LogP contribution is 2.00. The fraction of sp³-hybridized carbons (Fsp3) is 0.667. The van der Waals surface area contributed by atoms with Gasteiger partial charge in [-0.2, -0.15) is 5.26 Å². The molecule has 0 saturated carbocycles. The van der Waals surface area contributed by atoms with Crippen LogP contribution in [0.1, 0.15) is 19.7 Å². The van der Waals surface area contributed by atoms with Crippen LogP contribution in [-0.4, -0.2) is 40.1 Å². The van der Waals surface area contributed by atoms with E-state index in [1.807, 2.05) is 38.7 Å². The summed E-state index contributed by atoms with van der Waals surface area (Å²) in [5.41, 5.74) is 0. The Labute approximate surface area is 103 Å². The molecule has 1 atom stereocenters. The first-order valence-corrected chi connectivity index (χ1v) is 5.83. The summed E-state index contributed by atoms with van der Waals surface area (Å²) in [6.45, 7) is 5.54. The molecule has 0 spiro atoms. The van der Waals surface area contributed by atoms with Crippen LogP contribution in [0.5, 0.6) is 0 Å². The first-order chi connectivity index (χ1) is 8.02. The maximum atomic E-state index is 9.04. The van der Waals surface area contributed by atoms with Crippen LogP contribution in [0, 0.1) is 11.3 Å². The topological polar surface area (TPSA) is 56.9 Å². The van der Waals surface area contributed by atoms with E-state index in [0.29, 0.717) is 12.6 Å². The number of nitrogens with zero attached hydrogens (tertiary/aromatic N) is 4. The van der Waals surface area contributed by atoms with Gasteiger partial charge in [0.2, 0.25) is 0 Å². The summed E-state index contributed by atoms with van der Waals surface area (Å²) in [7, 11) is 3.98. The van der Waals surface area contributed by atoms with Gasteiger partial charge in [-0.3, -0.25) is 10.2 Å². The minimum absolute atomic E-state index is 0.139. The fourth-order valence-electron chi connectivity index (χ4n) is 1.70. The van der Waals surface area contributed by atoms with Crippen LogP contribution in [0.25, 0.3) is 0 Å². The van der Waals surface area contributed by atoms with Crippen molar-refractivity contribution in [3.63, 3.8) is 0 Å². The molecule has 1 unspecified atom stereocenters. The van der Waals surface area contributed by atoms with Crippen LogP contribution in [0.15, 0.2) is 12.4 Å². The number of aromatic nitrogens is 2. The van der Waals surface area contributed by atoms with Crippen LogP contribution in [0.4, 0.5) is 0 Å². The molecule has 1 heterocycles. The van der Waals surface area contributed by atoms with Crippen LogP contribution >= 0.6 is 0 Å². The highest BCUT2D eigenvalue weighted by Gasteiger charge is 2.12. The number of imidazole rings is 1. The molecule has 0 fully saturated rings. The summed E-state index contributed by atoms with van der Waals surface area (Å²) < 4.78 is 1.99. The van der Waals surface area contributed by atoms with E-state index in [9.17, 15) is 0 Å². The lowest BCUT2D eigenvalue weighted by atomic mass is 10.2. The predicted molar refractivity (Wildman–Crippen MR) is 67.2 cm³/mol. The van der Waals surface area contributed by atoms with E-state index < -0.39 is 0 Å². The van der Waals surface area contributed by atoms with Gasteiger partial charge in [-0.15, -0.1) is 0 Å². The molecular weight excluding hydrogens is 214 g/mol. The van der Waals surface area contributed by atoms with E-state index in [1.54, 1.807) is 6.20 Å². The lowest BCUT2D eigenvalue weighted by molar-refractivity contribution is 0.288. The normalized spacial score (nSPS) is 13.0. The van der Waals surface area contributed by atoms with Gasteiger partial charge < -0.3 is 4.57 Å². The minimum atomic E-state index is -0.139.